The number of thiazole rings is 1. The molecule has 0 bridgehead atoms. The minimum Gasteiger partial charge on any atom is -0.481 e. The van der Waals surface area contributed by atoms with E-state index in [0.29, 0.717) is 11.6 Å². The third-order valence-electron chi connectivity index (χ3n) is 5.77. The molecule has 1 saturated carbocycles. The van der Waals surface area contributed by atoms with Crippen molar-refractivity contribution in [1.82, 2.24) is 10.3 Å². The zero-order valence-corrected chi connectivity index (χ0v) is 19.4. The highest BCUT2D eigenvalue weighted by Gasteiger charge is 2.43. The second kappa shape index (κ2) is 10.4. The number of carbonyl (C=O) groups excluding carboxylic acids is 2. The minimum atomic E-state index is -0.915. The maximum atomic E-state index is 13.4. The second-order valence-corrected chi connectivity index (χ2v) is 10.7. The van der Waals surface area contributed by atoms with Gasteiger partial charge < -0.3 is 15.7 Å². The Balaban J connectivity index is 2.25. The SMILES string of the molecule is CC(C)C[C@@H](C(=O)N[C@H](C(=O)Nc1nccs1)C(C)(C)C)[C@@H](C(=O)O)C1CCCC1. The van der Waals surface area contributed by atoms with Crippen LogP contribution < -0.4 is 10.6 Å². The van der Waals surface area contributed by atoms with E-state index < -0.39 is 29.3 Å². The molecule has 1 heterocycles. The van der Waals surface area contributed by atoms with Crippen LogP contribution in [0.15, 0.2) is 11.6 Å². The molecule has 3 N–H and O–H groups in total. The molecule has 0 saturated heterocycles. The Morgan fingerprint density at radius 1 is 1.20 bits per heavy atom. The zero-order valence-electron chi connectivity index (χ0n) is 18.6. The number of anilines is 1. The first-order chi connectivity index (χ1) is 14.0. The van der Waals surface area contributed by atoms with Crippen LogP contribution >= 0.6 is 11.3 Å². The Kier molecular flexibility index (Phi) is 8.41. The van der Waals surface area contributed by atoms with Crippen LogP contribution in [0.1, 0.15) is 66.7 Å². The van der Waals surface area contributed by atoms with Gasteiger partial charge in [0.15, 0.2) is 5.13 Å². The number of carboxylic acid groups (broad SMARTS) is 1. The van der Waals surface area contributed by atoms with Crippen LogP contribution in [-0.2, 0) is 14.4 Å². The molecule has 1 aromatic heterocycles. The van der Waals surface area contributed by atoms with Crippen molar-refractivity contribution in [3.8, 4) is 0 Å². The van der Waals surface area contributed by atoms with Gasteiger partial charge in [-0.05, 0) is 36.5 Å². The summed E-state index contributed by atoms with van der Waals surface area (Å²) >= 11 is 1.31. The number of aliphatic carboxylic acids is 1. The molecule has 0 radical (unpaired) electrons. The van der Waals surface area contributed by atoms with Gasteiger partial charge in [-0.15, -0.1) is 11.3 Å². The number of aromatic nitrogens is 1. The molecular formula is C22H35N3O4S. The first kappa shape index (κ1) is 24.3. The van der Waals surface area contributed by atoms with Gasteiger partial charge in [0.05, 0.1) is 11.8 Å². The van der Waals surface area contributed by atoms with E-state index in [4.69, 9.17) is 0 Å². The monoisotopic (exact) mass is 437 g/mol. The van der Waals surface area contributed by atoms with Gasteiger partial charge in [-0.1, -0.05) is 47.5 Å². The summed E-state index contributed by atoms with van der Waals surface area (Å²) in [5.74, 6) is -2.82. The van der Waals surface area contributed by atoms with Crippen molar-refractivity contribution in [2.45, 2.75) is 72.8 Å². The maximum absolute atomic E-state index is 13.4. The Bertz CT molecular complexity index is 721. The summed E-state index contributed by atoms with van der Waals surface area (Å²) < 4.78 is 0. The van der Waals surface area contributed by atoms with Crippen LogP contribution in [0.5, 0.6) is 0 Å². The molecule has 8 heteroatoms. The predicted molar refractivity (Wildman–Crippen MR) is 118 cm³/mol. The lowest BCUT2D eigenvalue weighted by Gasteiger charge is -2.34. The van der Waals surface area contributed by atoms with Crippen LogP contribution in [-0.4, -0.2) is 33.9 Å². The van der Waals surface area contributed by atoms with E-state index in [9.17, 15) is 19.5 Å². The molecule has 168 valence electrons. The van der Waals surface area contributed by atoms with Crippen molar-refractivity contribution in [2.24, 2.45) is 29.1 Å². The van der Waals surface area contributed by atoms with Crippen molar-refractivity contribution in [3.63, 3.8) is 0 Å². The summed E-state index contributed by atoms with van der Waals surface area (Å²) in [6.45, 7) is 9.61. The number of carboxylic acids is 1. The van der Waals surface area contributed by atoms with E-state index in [1.165, 1.54) is 11.3 Å². The van der Waals surface area contributed by atoms with E-state index >= 15 is 0 Å². The van der Waals surface area contributed by atoms with Crippen LogP contribution in [0, 0.1) is 29.1 Å². The lowest BCUT2D eigenvalue weighted by molar-refractivity contribution is -0.150. The Hall–Kier alpha value is -1.96. The number of hydrogen-bond donors (Lipinski definition) is 3. The number of nitrogens with zero attached hydrogens (tertiary/aromatic N) is 1. The van der Waals surface area contributed by atoms with Crippen LogP contribution in [0.2, 0.25) is 0 Å². The van der Waals surface area contributed by atoms with Gasteiger partial charge in [0.1, 0.15) is 6.04 Å². The lowest BCUT2D eigenvalue weighted by atomic mass is 9.75. The second-order valence-electron chi connectivity index (χ2n) is 9.78. The number of hydrogen-bond acceptors (Lipinski definition) is 5. The minimum absolute atomic E-state index is 0.00855. The molecule has 2 rings (SSSR count). The van der Waals surface area contributed by atoms with E-state index in [1.54, 1.807) is 11.6 Å². The molecule has 2 amide bonds. The van der Waals surface area contributed by atoms with Gasteiger partial charge in [-0.25, -0.2) is 4.98 Å². The van der Waals surface area contributed by atoms with Crippen molar-refractivity contribution in [2.75, 3.05) is 5.32 Å². The highest BCUT2D eigenvalue weighted by atomic mass is 32.1. The maximum Gasteiger partial charge on any atom is 0.307 e. The average molecular weight is 438 g/mol. The molecule has 1 fully saturated rings. The summed E-state index contributed by atoms with van der Waals surface area (Å²) in [6.07, 6.45) is 5.77. The van der Waals surface area contributed by atoms with Gasteiger partial charge in [-0.3, -0.25) is 14.4 Å². The molecule has 0 unspecified atom stereocenters. The highest BCUT2D eigenvalue weighted by Crippen LogP contribution is 2.38. The van der Waals surface area contributed by atoms with Crippen molar-refractivity contribution in [1.29, 1.82) is 0 Å². The third kappa shape index (κ3) is 6.52. The number of amides is 2. The van der Waals surface area contributed by atoms with E-state index in [-0.39, 0.29) is 23.7 Å². The molecule has 3 atom stereocenters. The molecule has 1 aliphatic rings. The standard InChI is InChI=1S/C22H35N3O4S/c1-13(2)12-15(16(20(28)29)14-8-6-7-9-14)18(26)24-17(22(3,4)5)19(27)25-21-23-10-11-30-21/h10-11,13-17H,6-9,12H2,1-5H3,(H,24,26)(H,28,29)(H,23,25,27)/t15-,16+,17-/m1/s1. The number of nitrogens with one attached hydrogen (secondary N) is 2. The summed E-state index contributed by atoms with van der Waals surface area (Å²) in [4.78, 5) is 42.5. The number of rotatable bonds is 9. The molecule has 0 spiro atoms. The topological polar surface area (TPSA) is 108 Å². The van der Waals surface area contributed by atoms with Gasteiger partial charge >= 0.3 is 5.97 Å². The summed E-state index contributed by atoms with van der Waals surface area (Å²) in [6, 6.07) is -0.804. The molecule has 1 aliphatic carbocycles. The first-order valence-electron chi connectivity index (χ1n) is 10.7. The van der Waals surface area contributed by atoms with Crippen LogP contribution in [0.3, 0.4) is 0 Å². The Labute approximate surface area is 183 Å². The highest BCUT2D eigenvalue weighted by molar-refractivity contribution is 7.13. The predicted octanol–water partition coefficient (Wildman–Crippen LogP) is 4.17. The van der Waals surface area contributed by atoms with E-state index in [2.05, 4.69) is 15.6 Å². The lowest BCUT2D eigenvalue weighted by Crippen LogP contribution is -2.54. The summed E-state index contributed by atoms with van der Waals surface area (Å²) in [7, 11) is 0. The fourth-order valence-electron chi connectivity index (χ4n) is 4.33. The zero-order chi connectivity index (χ0) is 22.5. The molecular weight excluding hydrogens is 402 g/mol. The number of carbonyl (C=O) groups is 3. The Morgan fingerprint density at radius 3 is 2.30 bits per heavy atom. The normalized spacial score (nSPS) is 18.1. The molecule has 30 heavy (non-hydrogen) atoms. The summed E-state index contributed by atoms with van der Waals surface area (Å²) in [5.41, 5.74) is -0.550. The first-order valence-corrected chi connectivity index (χ1v) is 11.6. The average Bonchev–Trinajstić information content (AvgIpc) is 3.31. The molecule has 1 aromatic rings. The van der Waals surface area contributed by atoms with Gasteiger partial charge in [0.2, 0.25) is 11.8 Å². The molecule has 0 aliphatic heterocycles. The van der Waals surface area contributed by atoms with Crippen LogP contribution in [0.4, 0.5) is 5.13 Å². The van der Waals surface area contributed by atoms with Crippen molar-refractivity contribution in [3.05, 3.63) is 11.6 Å². The van der Waals surface area contributed by atoms with E-state index in [1.807, 2.05) is 34.6 Å². The smallest absolute Gasteiger partial charge is 0.307 e. The fraction of sp³-hybridized carbons (Fsp3) is 0.727. The molecule has 0 aromatic carbocycles. The van der Waals surface area contributed by atoms with Crippen LogP contribution in [0.25, 0.3) is 0 Å². The van der Waals surface area contributed by atoms with E-state index in [0.717, 1.165) is 25.7 Å². The van der Waals surface area contributed by atoms with Crippen molar-refractivity contribution < 1.29 is 19.5 Å². The van der Waals surface area contributed by atoms with Gasteiger partial charge in [-0.2, -0.15) is 0 Å². The summed E-state index contributed by atoms with van der Waals surface area (Å²) in [5, 5.41) is 17.9. The van der Waals surface area contributed by atoms with Crippen molar-refractivity contribution >= 4 is 34.3 Å². The Morgan fingerprint density at radius 2 is 1.83 bits per heavy atom. The fourth-order valence-corrected chi connectivity index (χ4v) is 4.86. The largest absolute Gasteiger partial charge is 0.481 e. The van der Waals surface area contributed by atoms with Gasteiger partial charge in [0, 0.05) is 11.6 Å². The third-order valence-corrected chi connectivity index (χ3v) is 6.45. The quantitative estimate of drug-likeness (QED) is 0.537. The van der Waals surface area contributed by atoms with Gasteiger partial charge in [0.25, 0.3) is 0 Å². The molecule has 7 nitrogen and oxygen atoms in total.